The zero-order valence-electron chi connectivity index (χ0n) is 12.2. The summed E-state index contributed by atoms with van der Waals surface area (Å²) in [6, 6.07) is 0.308. The van der Waals surface area contributed by atoms with Crippen molar-refractivity contribution >= 4 is 11.9 Å². The van der Waals surface area contributed by atoms with Crippen LogP contribution < -0.4 is 5.32 Å². The lowest BCUT2D eigenvalue weighted by molar-refractivity contribution is -0.142. The fraction of sp³-hybridized carbons (Fsp3) is 0.867. The molecule has 0 radical (unpaired) electrons. The van der Waals surface area contributed by atoms with Gasteiger partial charge in [-0.25, -0.2) is 0 Å². The van der Waals surface area contributed by atoms with Crippen LogP contribution in [0.3, 0.4) is 0 Å². The molecule has 1 aliphatic rings. The first-order valence-corrected chi connectivity index (χ1v) is 7.51. The first-order chi connectivity index (χ1) is 9.15. The number of nitrogens with one attached hydrogen (secondary N) is 1. The summed E-state index contributed by atoms with van der Waals surface area (Å²) in [7, 11) is 1.44. The van der Waals surface area contributed by atoms with Crippen molar-refractivity contribution in [2.75, 3.05) is 7.11 Å². The minimum atomic E-state index is -0.118. The molecule has 1 amide bonds. The van der Waals surface area contributed by atoms with E-state index in [-0.39, 0.29) is 11.9 Å². The SMILES string of the molecule is CCCCCC(=O)NC1CCC(CC(=O)OC)CC1. The van der Waals surface area contributed by atoms with Crippen molar-refractivity contribution in [2.24, 2.45) is 5.92 Å². The first-order valence-electron chi connectivity index (χ1n) is 7.51. The molecule has 0 aromatic rings. The third-order valence-corrected chi connectivity index (χ3v) is 3.90. The molecule has 1 saturated carbocycles. The minimum absolute atomic E-state index is 0.118. The maximum Gasteiger partial charge on any atom is 0.305 e. The molecule has 1 N–H and O–H groups in total. The topological polar surface area (TPSA) is 55.4 Å². The highest BCUT2D eigenvalue weighted by atomic mass is 16.5. The lowest BCUT2D eigenvalue weighted by Gasteiger charge is -2.28. The number of unbranched alkanes of at least 4 members (excludes halogenated alkanes) is 2. The number of esters is 1. The van der Waals surface area contributed by atoms with Crippen molar-refractivity contribution in [3.8, 4) is 0 Å². The molecule has 0 atom stereocenters. The lowest BCUT2D eigenvalue weighted by atomic mass is 9.84. The number of rotatable bonds is 7. The van der Waals surface area contributed by atoms with Crippen molar-refractivity contribution < 1.29 is 14.3 Å². The Bertz CT molecular complexity index is 283. The van der Waals surface area contributed by atoms with Gasteiger partial charge in [-0.1, -0.05) is 19.8 Å². The second-order valence-electron chi connectivity index (χ2n) is 5.52. The molecule has 19 heavy (non-hydrogen) atoms. The van der Waals surface area contributed by atoms with Gasteiger partial charge in [0.2, 0.25) is 5.91 Å². The fourth-order valence-corrected chi connectivity index (χ4v) is 2.67. The van der Waals surface area contributed by atoms with Gasteiger partial charge in [0.25, 0.3) is 0 Å². The van der Waals surface area contributed by atoms with Crippen LogP contribution in [0, 0.1) is 5.92 Å². The van der Waals surface area contributed by atoms with E-state index in [1.165, 1.54) is 7.11 Å². The molecule has 0 bridgehead atoms. The van der Waals surface area contributed by atoms with Gasteiger partial charge in [-0.3, -0.25) is 9.59 Å². The van der Waals surface area contributed by atoms with Gasteiger partial charge in [0, 0.05) is 18.9 Å². The quantitative estimate of drug-likeness (QED) is 0.571. The third kappa shape index (κ3) is 6.60. The second-order valence-corrected chi connectivity index (χ2v) is 5.52. The highest BCUT2D eigenvalue weighted by Crippen LogP contribution is 2.27. The summed E-state index contributed by atoms with van der Waals surface area (Å²) in [5, 5.41) is 3.11. The summed E-state index contributed by atoms with van der Waals surface area (Å²) in [5.41, 5.74) is 0. The van der Waals surface area contributed by atoms with Crippen LogP contribution >= 0.6 is 0 Å². The van der Waals surface area contributed by atoms with Crippen molar-refractivity contribution in [1.82, 2.24) is 5.32 Å². The van der Waals surface area contributed by atoms with Gasteiger partial charge in [-0.15, -0.1) is 0 Å². The predicted molar refractivity (Wildman–Crippen MR) is 74.7 cm³/mol. The molecule has 4 heteroatoms. The maximum atomic E-state index is 11.7. The Morgan fingerprint density at radius 1 is 1.16 bits per heavy atom. The number of hydrogen-bond donors (Lipinski definition) is 1. The Labute approximate surface area is 116 Å². The van der Waals surface area contributed by atoms with E-state index in [1.54, 1.807) is 0 Å². The molecule has 0 saturated heterocycles. The van der Waals surface area contributed by atoms with Gasteiger partial charge in [-0.2, -0.15) is 0 Å². The van der Waals surface area contributed by atoms with Crippen molar-refractivity contribution in [3.05, 3.63) is 0 Å². The van der Waals surface area contributed by atoms with Gasteiger partial charge in [0.05, 0.1) is 7.11 Å². The Kier molecular flexibility index (Phi) is 7.53. The number of carbonyl (C=O) groups excluding carboxylic acids is 2. The van der Waals surface area contributed by atoms with Gasteiger partial charge in [-0.05, 0) is 38.0 Å². The summed E-state index contributed by atoms with van der Waals surface area (Å²) in [6.07, 6.45) is 8.42. The Balaban J connectivity index is 2.15. The smallest absolute Gasteiger partial charge is 0.305 e. The molecule has 0 aliphatic heterocycles. The van der Waals surface area contributed by atoms with E-state index in [4.69, 9.17) is 4.74 Å². The van der Waals surface area contributed by atoms with E-state index in [1.807, 2.05) is 0 Å². The Morgan fingerprint density at radius 2 is 1.84 bits per heavy atom. The molecule has 0 spiro atoms. The van der Waals surface area contributed by atoms with E-state index in [0.29, 0.717) is 24.8 Å². The normalized spacial score (nSPS) is 22.8. The van der Waals surface area contributed by atoms with Gasteiger partial charge < -0.3 is 10.1 Å². The Morgan fingerprint density at radius 3 is 2.42 bits per heavy atom. The molecule has 4 nitrogen and oxygen atoms in total. The minimum Gasteiger partial charge on any atom is -0.469 e. The lowest BCUT2D eigenvalue weighted by Crippen LogP contribution is -2.37. The highest BCUT2D eigenvalue weighted by molar-refractivity contribution is 5.76. The number of ether oxygens (including phenoxy) is 1. The second kappa shape index (κ2) is 8.94. The largest absolute Gasteiger partial charge is 0.469 e. The van der Waals surface area contributed by atoms with Crippen LogP contribution in [0.25, 0.3) is 0 Å². The predicted octanol–water partition coefficient (Wildman–Crippen LogP) is 2.80. The molecule has 1 fully saturated rings. The summed E-state index contributed by atoms with van der Waals surface area (Å²) < 4.78 is 4.69. The number of carbonyl (C=O) groups is 2. The zero-order chi connectivity index (χ0) is 14.1. The Hall–Kier alpha value is -1.06. The molecular formula is C15H27NO3. The van der Waals surface area contributed by atoms with Crippen LogP contribution in [0.5, 0.6) is 0 Å². The molecule has 1 aliphatic carbocycles. The number of methoxy groups -OCH3 is 1. The summed E-state index contributed by atoms with van der Waals surface area (Å²) in [6.45, 7) is 2.14. The van der Waals surface area contributed by atoms with E-state index < -0.39 is 0 Å². The fourth-order valence-electron chi connectivity index (χ4n) is 2.67. The first kappa shape index (κ1) is 16.0. The number of hydrogen-bond acceptors (Lipinski definition) is 3. The van der Waals surface area contributed by atoms with Crippen LogP contribution in [0.4, 0.5) is 0 Å². The van der Waals surface area contributed by atoms with Gasteiger partial charge >= 0.3 is 5.97 Å². The maximum absolute atomic E-state index is 11.7. The number of amides is 1. The van der Waals surface area contributed by atoms with E-state index >= 15 is 0 Å². The summed E-state index contributed by atoms with van der Waals surface area (Å²) >= 11 is 0. The monoisotopic (exact) mass is 269 g/mol. The third-order valence-electron chi connectivity index (χ3n) is 3.90. The van der Waals surface area contributed by atoms with Gasteiger partial charge in [0.1, 0.15) is 0 Å². The summed E-state index contributed by atoms with van der Waals surface area (Å²) in [5.74, 6) is 0.498. The van der Waals surface area contributed by atoms with Crippen molar-refractivity contribution in [3.63, 3.8) is 0 Å². The molecule has 0 heterocycles. The standard InChI is InChI=1S/C15H27NO3/c1-3-4-5-6-14(17)16-13-9-7-12(8-10-13)11-15(18)19-2/h12-13H,3-11H2,1-2H3,(H,16,17). The molecular weight excluding hydrogens is 242 g/mol. The zero-order valence-corrected chi connectivity index (χ0v) is 12.2. The van der Waals surface area contributed by atoms with Crippen molar-refractivity contribution in [2.45, 2.75) is 70.8 Å². The van der Waals surface area contributed by atoms with Crippen LogP contribution in [-0.4, -0.2) is 25.0 Å². The average Bonchev–Trinajstić information content (AvgIpc) is 2.41. The average molecular weight is 269 g/mol. The molecule has 0 unspecified atom stereocenters. The van der Waals surface area contributed by atoms with E-state index in [9.17, 15) is 9.59 Å². The molecule has 0 aromatic heterocycles. The van der Waals surface area contributed by atoms with E-state index in [2.05, 4.69) is 12.2 Å². The van der Waals surface area contributed by atoms with E-state index in [0.717, 1.165) is 44.9 Å². The van der Waals surface area contributed by atoms with Crippen molar-refractivity contribution in [1.29, 1.82) is 0 Å². The van der Waals surface area contributed by atoms with Crippen LogP contribution in [0.15, 0.2) is 0 Å². The molecule has 110 valence electrons. The summed E-state index contributed by atoms with van der Waals surface area (Å²) in [4.78, 5) is 22.9. The molecule has 0 aromatic carbocycles. The van der Waals surface area contributed by atoms with Crippen LogP contribution in [0.1, 0.15) is 64.7 Å². The highest BCUT2D eigenvalue weighted by Gasteiger charge is 2.24. The molecule has 1 rings (SSSR count). The van der Waals surface area contributed by atoms with Gasteiger partial charge in [0.15, 0.2) is 0 Å². The van der Waals surface area contributed by atoms with Crippen LogP contribution in [0.2, 0.25) is 0 Å². The van der Waals surface area contributed by atoms with Crippen LogP contribution in [-0.2, 0) is 14.3 Å².